The molecule has 1 heteroatoms. The van der Waals surface area contributed by atoms with Crippen LogP contribution in [0.5, 0.6) is 0 Å². The van der Waals surface area contributed by atoms with Gasteiger partial charge >= 0.3 is 0 Å². The van der Waals surface area contributed by atoms with Gasteiger partial charge in [-0.05, 0) is 80.0 Å². The molecule has 156 valence electrons. The van der Waals surface area contributed by atoms with Gasteiger partial charge in [0, 0.05) is 5.56 Å². The normalized spacial score (nSPS) is 19.7. The number of hydrogen-bond acceptors (Lipinski definition) is 0. The number of hydrogen-bond donors (Lipinski definition) is 0. The van der Waals surface area contributed by atoms with E-state index in [1.54, 1.807) is 6.07 Å². The largest absolute Gasteiger partial charge is 0.206 e. The molecule has 0 radical (unpaired) electrons. The van der Waals surface area contributed by atoms with Gasteiger partial charge in [-0.25, -0.2) is 4.39 Å². The molecular formula is C28H37F. The molecule has 0 unspecified atom stereocenters. The fraction of sp³-hybridized carbons (Fsp3) is 0.500. The quantitative estimate of drug-likeness (QED) is 0.295. The highest BCUT2D eigenvalue weighted by Gasteiger charge is 2.22. The lowest BCUT2D eigenvalue weighted by Crippen LogP contribution is -2.13. The monoisotopic (exact) mass is 392 g/mol. The molecule has 29 heavy (non-hydrogen) atoms. The summed E-state index contributed by atoms with van der Waals surface area (Å²) in [5.74, 6) is 1.52. The topological polar surface area (TPSA) is 0 Å². The first-order valence-corrected chi connectivity index (χ1v) is 11.7. The van der Waals surface area contributed by atoms with Crippen LogP contribution in [0.2, 0.25) is 0 Å². The van der Waals surface area contributed by atoms with Crippen LogP contribution < -0.4 is 0 Å². The second-order valence-electron chi connectivity index (χ2n) is 8.76. The molecule has 2 aromatic carbocycles. The highest BCUT2D eigenvalue weighted by atomic mass is 19.1. The second-order valence-corrected chi connectivity index (χ2v) is 8.76. The molecule has 0 spiro atoms. The van der Waals surface area contributed by atoms with Crippen molar-refractivity contribution in [1.29, 1.82) is 0 Å². The lowest BCUT2D eigenvalue weighted by Gasteiger charge is -2.29. The molecule has 3 rings (SSSR count). The lowest BCUT2D eigenvalue weighted by atomic mass is 9.77. The predicted octanol–water partition coefficient (Wildman–Crippen LogP) is 8.86. The number of rotatable bonds is 9. The van der Waals surface area contributed by atoms with Crippen molar-refractivity contribution in [2.24, 2.45) is 5.92 Å². The van der Waals surface area contributed by atoms with Crippen molar-refractivity contribution < 1.29 is 4.39 Å². The highest BCUT2D eigenvalue weighted by Crippen LogP contribution is 2.38. The molecule has 1 fully saturated rings. The maximum atomic E-state index is 14.7. The molecular weight excluding hydrogens is 355 g/mol. The van der Waals surface area contributed by atoms with Gasteiger partial charge in [0.05, 0.1) is 0 Å². The van der Waals surface area contributed by atoms with Gasteiger partial charge < -0.3 is 0 Å². The molecule has 0 amide bonds. The summed E-state index contributed by atoms with van der Waals surface area (Å²) in [5, 5.41) is 0. The zero-order valence-corrected chi connectivity index (χ0v) is 18.3. The van der Waals surface area contributed by atoms with Crippen LogP contribution in [0.4, 0.5) is 4.39 Å². The fourth-order valence-corrected chi connectivity index (χ4v) is 4.77. The maximum absolute atomic E-state index is 14.7. The predicted molar refractivity (Wildman–Crippen MR) is 124 cm³/mol. The Morgan fingerprint density at radius 2 is 1.72 bits per heavy atom. The van der Waals surface area contributed by atoms with E-state index in [4.69, 9.17) is 0 Å². The Hall–Kier alpha value is -1.89. The van der Waals surface area contributed by atoms with Crippen LogP contribution >= 0.6 is 0 Å². The first-order chi connectivity index (χ1) is 14.2. The smallest absolute Gasteiger partial charge is 0.131 e. The average Bonchev–Trinajstić information content (AvgIpc) is 2.75. The van der Waals surface area contributed by atoms with Crippen molar-refractivity contribution in [3.8, 4) is 11.1 Å². The van der Waals surface area contributed by atoms with E-state index in [1.807, 2.05) is 19.1 Å². The van der Waals surface area contributed by atoms with E-state index >= 15 is 0 Å². The van der Waals surface area contributed by atoms with Gasteiger partial charge in [0.25, 0.3) is 0 Å². The zero-order chi connectivity index (χ0) is 20.5. The van der Waals surface area contributed by atoms with E-state index in [1.165, 1.54) is 56.9 Å². The Balaban J connectivity index is 1.58. The number of aryl methyl sites for hydroxylation is 1. The molecule has 0 N–H and O–H groups in total. The summed E-state index contributed by atoms with van der Waals surface area (Å²) >= 11 is 0. The zero-order valence-electron chi connectivity index (χ0n) is 18.3. The fourth-order valence-electron chi connectivity index (χ4n) is 4.77. The SMILES string of the molecule is C/C=C/CCc1ccc(-c2ccc(C3CCC(CCCCC)CC3)cc2)c(F)c1. The third-order valence-corrected chi connectivity index (χ3v) is 6.62. The molecule has 1 saturated carbocycles. The summed E-state index contributed by atoms with van der Waals surface area (Å²) in [4.78, 5) is 0. The summed E-state index contributed by atoms with van der Waals surface area (Å²) in [6, 6.07) is 14.4. The summed E-state index contributed by atoms with van der Waals surface area (Å²) in [6.45, 7) is 4.30. The number of allylic oxidation sites excluding steroid dienone is 2. The summed E-state index contributed by atoms with van der Waals surface area (Å²) in [5.41, 5.74) is 4.20. The summed E-state index contributed by atoms with van der Waals surface area (Å²) in [6.07, 6.45) is 16.9. The highest BCUT2D eigenvalue weighted by molar-refractivity contribution is 5.65. The van der Waals surface area contributed by atoms with Gasteiger partial charge in [-0.3, -0.25) is 0 Å². The van der Waals surface area contributed by atoms with Gasteiger partial charge in [0.2, 0.25) is 0 Å². The lowest BCUT2D eigenvalue weighted by molar-refractivity contribution is 0.303. The molecule has 0 aromatic heterocycles. The van der Waals surface area contributed by atoms with Crippen LogP contribution in [0, 0.1) is 11.7 Å². The molecule has 2 aromatic rings. The molecule has 0 atom stereocenters. The molecule has 1 aliphatic rings. The van der Waals surface area contributed by atoms with Crippen molar-refractivity contribution in [2.45, 2.75) is 84.0 Å². The maximum Gasteiger partial charge on any atom is 0.131 e. The van der Waals surface area contributed by atoms with Crippen molar-refractivity contribution in [1.82, 2.24) is 0 Å². The summed E-state index contributed by atoms with van der Waals surface area (Å²) < 4.78 is 14.7. The minimum Gasteiger partial charge on any atom is -0.206 e. The number of halogens is 1. The Morgan fingerprint density at radius 1 is 0.966 bits per heavy atom. The third-order valence-electron chi connectivity index (χ3n) is 6.62. The van der Waals surface area contributed by atoms with E-state index < -0.39 is 0 Å². The molecule has 0 heterocycles. The van der Waals surface area contributed by atoms with Crippen LogP contribution in [0.3, 0.4) is 0 Å². The van der Waals surface area contributed by atoms with E-state index in [0.29, 0.717) is 11.5 Å². The van der Waals surface area contributed by atoms with E-state index in [0.717, 1.165) is 29.9 Å². The first kappa shape index (κ1) is 21.8. The summed E-state index contributed by atoms with van der Waals surface area (Å²) in [7, 11) is 0. The Kier molecular flexibility index (Phi) is 8.52. The van der Waals surface area contributed by atoms with Crippen LogP contribution in [-0.4, -0.2) is 0 Å². The van der Waals surface area contributed by atoms with Crippen LogP contribution in [-0.2, 0) is 6.42 Å². The first-order valence-electron chi connectivity index (χ1n) is 11.7. The van der Waals surface area contributed by atoms with Gasteiger partial charge in [-0.2, -0.15) is 0 Å². The average molecular weight is 393 g/mol. The number of benzene rings is 2. The van der Waals surface area contributed by atoms with Crippen molar-refractivity contribution in [3.05, 3.63) is 71.6 Å². The Labute approximate surface area is 177 Å². The molecule has 0 saturated heterocycles. The van der Waals surface area contributed by atoms with Crippen LogP contribution in [0.15, 0.2) is 54.6 Å². The van der Waals surface area contributed by atoms with E-state index in [-0.39, 0.29) is 5.82 Å². The van der Waals surface area contributed by atoms with Gasteiger partial charge in [0.15, 0.2) is 0 Å². The van der Waals surface area contributed by atoms with E-state index in [2.05, 4.69) is 43.3 Å². The Bertz CT molecular complexity index is 763. The standard InChI is InChI=1S/C28H37F/c1-3-5-7-9-22-11-14-24(15-12-22)25-16-18-26(19-17-25)27-20-13-23(21-28(27)29)10-8-6-4-2/h4,6,13,16-22,24H,3,5,7-12,14-15H2,1-2H3/b6-4+. The van der Waals surface area contributed by atoms with Crippen molar-refractivity contribution >= 4 is 0 Å². The molecule has 1 aliphatic carbocycles. The van der Waals surface area contributed by atoms with Crippen molar-refractivity contribution in [2.75, 3.05) is 0 Å². The van der Waals surface area contributed by atoms with Gasteiger partial charge in [0.1, 0.15) is 5.82 Å². The number of unbranched alkanes of at least 4 members (excludes halogenated alkanes) is 2. The third kappa shape index (κ3) is 6.29. The molecule has 0 nitrogen and oxygen atoms in total. The van der Waals surface area contributed by atoms with Crippen LogP contribution in [0.25, 0.3) is 11.1 Å². The van der Waals surface area contributed by atoms with Gasteiger partial charge in [-0.15, -0.1) is 0 Å². The van der Waals surface area contributed by atoms with E-state index in [9.17, 15) is 4.39 Å². The molecule has 0 bridgehead atoms. The minimum absolute atomic E-state index is 0.108. The Morgan fingerprint density at radius 3 is 2.38 bits per heavy atom. The van der Waals surface area contributed by atoms with Gasteiger partial charge in [-0.1, -0.05) is 81.2 Å². The van der Waals surface area contributed by atoms with Crippen molar-refractivity contribution in [3.63, 3.8) is 0 Å². The molecule has 0 aliphatic heterocycles. The van der Waals surface area contributed by atoms with Crippen LogP contribution in [0.1, 0.15) is 88.7 Å². The minimum atomic E-state index is -0.108. The second kappa shape index (κ2) is 11.3.